The summed E-state index contributed by atoms with van der Waals surface area (Å²) in [5.41, 5.74) is 0.549. The van der Waals surface area contributed by atoms with Gasteiger partial charge in [-0.2, -0.15) is 4.98 Å². The van der Waals surface area contributed by atoms with E-state index >= 15 is 0 Å². The molecule has 0 atom stereocenters. The quantitative estimate of drug-likeness (QED) is 0.665. The maximum Gasteiger partial charge on any atom is 0.237 e. The summed E-state index contributed by atoms with van der Waals surface area (Å²) in [6.07, 6.45) is 1.69. The molecule has 4 heteroatoms. The first kappa shape index (κ1) is 7.79. The van der Waals surface area contributed by atoms with E-state index in [1.165, 1.54) is 6.92 Å². The Balaban J connectivity index is 2.85. The molecule has 0 bridgehead atoms. The summed E-state index contributed by atoms with van der Waals surface area (Å²) < 4.78 is 1.57. The molecule has 2 heterocycles. The summed E-state index contributed by atoms with van der Waals surface area (Å²) in [7, 11) is 0. The molecule has 2 aromatic heterocycles. The van der Waals surface area contributed by atoms with Gasteiger partial charge < -0.3 is 5.11 Å². The molecule has 0 spiro atoms. The number of rotatable bonds is 1. The number of pyridine rings is 1. The molecule has 0 aliphatic rings. The second-order valence-corrected chi connectivity index (χ2v) is 2.77. The minimum absolute atomic E-state index is 0.106. The van der Waals surface area contributed by atoms with Crippen molar-refractivity contribution in [3.8, 4) is 5.88 Å². The second-order valence-electron chi connectivity index (χ2n) is 2.77. The molecule has 2 aromatic rings. The van der Waals surface area contributed by atoms with Gasteiger partial charge in [0.2, 0.25) is 5.88 Å². The Morgan fingerprint density at radius 2 is 2.31 bits per heavy atom. The van der Waals surface area contributed by atoms with E-state index in [1.807, 2.05) is 0 Å². The molecule has 1 N–H and O–H groups in total. The van der Waals surface area contributed by atoms with Gasteiger partial charge in [-0.1, -0.05) is 6.07 Å². The van der Waals surface area contributed by atoms with Crippen LogP contribution in [0.1, 0.15) is 17.5 Å². The Morgan fingerprint density at radius 3 is 3.00 bits per heavy atom. The highest BCUT2D eigenvalue weighted by Gasteiger charge is 2.11. The smallest absolute Gasteiger partial charge is 0.237 e. The van der Waals surface area contributed by atoms with Gasteiger partial charge in [0.05, 0.1) is 0 Å². The Kier molecular flexibility index (Phi) is 1.55. The van der Waals surface area contributed by atoms with Crippen LogP contribution in [0.25, 0.3) is 5.52 Å². The number of carbonyl (C=O) groups is 1. The monoisotopic (exact) mass is 176 g/mol. The number of imidazole rings is 1. The molecule has 2 rings (SSSR count). The fraction of sp³-hybridized carbons (Fsp3) is 0.111. The normalized spacial score (nSPS) is 10.5. The lowest BCUT2D eigenvalue weighted by Crippen LogP contribution is -1.99. The van der Waals surface area contributed by atoms with E-state index in [0.717, 1.165) is 0 Å². The first-order chi connectivity index (χ1) is 6.20. The molecule has 0 aliphatic heterocycles. The summed E-state index contributed by atoms with van der Waals surface area (Å²) in [6.45, 7) is 1.42. The van der Waals surface area contributed by atoms with E-state index in [9.17, 15) is 9.90 Å². The van der Waals surface area contributed by atoms with Gasteiger partial charge in [0, 0.05) is 13.1 Å². The van der Waals surface area contributed by atoms with Crippen LogP contribution in [0.2, 0.25) is 0 Å². The molecule has 0 amide bonds. The highest BCUT2D eigenvalue weighted by molar-refractivity contribution is 5.92. The van der Waals surface area contributed by atoms with Crippen LogP contribution >= 0.6 is 0 Å². The summed E-state index contributed by atoms with van der Waals surface area (Å²) in [6, 6.07) is 5.26. The van der Waals surface area contributed by atoms with Crippen molar-refractivity contribution < 1.29 is 9.90 Å². The van der Waals surface area contributed by atoms with Crippen molar-refractivity contribution in [1.29, 1.82) is 0 Å². The van der Waals surface area contributed by atoms with Gasteiger partial charge in [-0.25, -0.2) is 0 Å². The molecule has 66 valence electrons. The van der Waals surface area contributed by atoms with E-state index in [-0.39, 0.29) is 17.5 Å². The minimum atomic E-state index is -0.165. The van der Waals surface area contributed by atoms with Crippen molar-refractivity contribution in [1.82, 2.24) is 9.38 Å². The molecule has 0 saturated carbocycles. The fourth-order valence-corrected chi connectivity index (χ4v) is 1.27. The Bertz CT molecular complexity index is 473. The zero-order valence-electron chi connectivity index (χ0n) is 7.06. The van der Waals surface area contributed by atoms with E-state index in [0.29, 0.717) is 5.52 Å². The Morgan fingerprint density at radius 1 is 1.54 bits per heavy atom. The van der Waals surface area contributed by atoms with E-state index in [2.05, 4.69) is 4.98 Å². The van der Waals surface area contributed by atoms with Crippen molar-refractivity contribution in [3.63, 3.8) is 0 Å². The lowest BCUT2D eigenvalue weighted by Gasteiger charge is -1.94. The van der Waals surface area contributed by atoms with Crippen LogP contribution < -0.4 is 0 Å². The predicted octanol–water partition coefficient (Wildman–Crippen LogP) is 1.24. The third-order valence-electron chi connectivity index (χ3n) is 1.84. The number of aromatic hydroxyl groups is 1. The van der Waals surface area contributed by atoms with E-state index in [4.69, 9.17) is 0 Å². The van der Waals surface area contributed by atoms with Gasteiger partial charge >= 0.3 is 0 Å². The number of fused-ring (bicyclic) bond motifs is 1. The molecule has 0 radical (unpaired) electrons. The number of ketones is 1. The molecular weight excluding hydrogens is 168 g/mol. The molecule has 0 fully saturated rings. The van der Waals surface area contributed by atoms with Crippen molar-refractivity contribution >= 4 is 11.3 Å². The van der Waals surface area contributed by atoms with Crippen LogP contribution in [0, 0.1) is 0 Å². The largest absolute Gasteiger partial charge is 0.492 e. The highest BCUT2D eigenvalue weighted by atomic mass is 16.3. The molecule has 4 nitrogen and oxygen atoms in total. The molecule has 0 saturated heterocycles. The highest BCUT2D eigenvalue weighted by Crippen LogP contribution is 2.18. The first-order valence-electron chi connectivity index (χ1n) is 3.87. The van der Waals surface area contributed by atoms with Crippen molar-refractivity contribution in [2.75, 3.05) is 0 Å². The minimum Gasteiger partial charge on any atom is -0.492 e. The van der Waals surface area contributed by atoms with Crippen LogP contribution in [-0.2, 0) is 0 Å². The van der Waals surface area contributed by atoms with Crippen molar-refractivity contribution in [2.45, 2.75) is 6.92 Å². The van der Waals surface area contributed by atoms with Gasteiger partial charge in [-0.15, -0.1) is 0 Å². The lowest BCUT2D eigenvalue weighted by molar-refractivity contribution is 0.100. The van der Waals surface area contributed by atoms with E-state index < -0.39 is 0 Å². The van der Waals surface area contributed by atoms with Gasteiger partial charge in [0.15, 0.2) is 11.6 Å². The average Bonchev–Trinajstić information content (AvgIpc) is 2.45. The molecular formula is C9H8N2O2. The maximum absolute atomic E-state index is 11.1. The van der Waals surface area contributed by atoms with Crippen LogP contribution in [-0.4, -0.2) is 20.3 Å². The zero-order chi connectivity index (χ0) is 9.42. The van der Waals surface area contributed by atoms with Gasteiger partial charge in [-0.3, -0.25) is 9.20 Å². The molecule has 0 unspecified atom stereocenters. The Labute approximate surface area is 74.5 Å². The predicted molar refractivity (Wildman–Crippen MR) is 46.9 cm³/mol. The summed E-state index contributed by atoms with van der Waals surface area (Å²) >= 11 is 0. The van der Waals surface area contributed by atoms with Gasteiger partial charge in [0.1, 0.15) is 5.52 Å². The third kappa shape index (κ3) is 1.07. The molecule has 0 aliphatic carbocycles. The Hall–Kier alpha value is -1.84. The molecule has 0 aromatic carbocycles. The number of carbonyl (C=O) groups excluding carboxylic acids is 1. The van der Waals surface area contributed by atoms with Gasteiger partial charge in [-0.05, 0) is 12.1 Å². The number of Topliss-reactive ketones (excluding diaryl/α,β-unsaturated/α-hetero) is 1. The van der Waals surface area contributed by atoms with Gasteiger partial charge in [0.25, 0.3) is 0 Å². The van der Waals surface area contributed by atoms with Crippen molar-refractivity contribution in [2.24, 2.45) is 0 Å². The number of hydrogen-bond donors (Lipinski definition) is 1. The maximum atomic E-state index is 11.1. The average molecular weight is 176 g/mol. The SMILES string of the molecule is CC(=O)c1nc(O)c2ccccn12. The van der Waals surface area contributed by atoms with Crippen LogP contribution in [0.15, 0.2) is 24.4 Å². The van der Waals surface area contributed by atoms with E-state index in [1.54, 1.807) is 28.8 Å². The number of hydrogen-bond acceptors (Lipinski definition) is 3. The standard InChI is InChI=1S/C9H8N2O2/c1-6(12)8-10-9(13)7-4-2-3-5-11(7)8/h2-5,13H,1H3. The summed E-state index contributed by atoms with van der Waals surface area (Å²) in [4.78, 5) is 14.8. The second kappa shape index (κ2) is 2.58. The first-order valence-corrected chi connectivity index (χ1v) is 3.87. The van der Waals surface area contributed by atoms with Crippen LogP contribution in [0.5, 0.6) is 5.88 Å². The topological polar surface area (TPSA) is 54.6 Å². The summed E-state index contributed by atoms with van der Waals surface area (Å²) in [5.74, 6) is -0.0135. The van der Waals surface area contributed by atoms with Crippen LogP contribution in [0.3, 0.4) is 0 Å². The zero-order valence-corrected chi connectivity index (χ0v) is 7.06. The molecule has 13 heavy (non-hydrogen) atoms. The summed E-state index contributed by atoms with van der Waals surface area (Å²) in [5, 5.41) is 9.36. The van der Waals surface area contributed by atoms with Crippen LogP contribution in [0.4, 0.5) is 0 Å². The lowest BCUT2D eigenvalue weighted by atomic mass is 10.4. The van der Waals surface area contributed by atoms with Crippen molar-refractivity contribution in [3.05, 3.63) is 30.2 Å². The number of nitrogens with zero attached hydrogens (tertiary/aromatic N) is 2. The fourth-order valence-electron chi connectivity index (χ4n) is 1.27. The number of aromatic nitrogens is 2. The third-order valence-corrected chi connectivity index (χ3v) is 1.84.